The molecule has 92 valence electrons. The molecule has 1 aromatic carbocycles. The average Bonchev–Trinajstić information content (AvgIpc) is 2.26. The topological polar surface area (TPSA) is 12.4 Å². The molecule has 1 aromatic rings. The summed E-state index contributed by atoms with van der Waals surface area (Å²) in [6.45, 7) is 6.01. The monoisotopic (exact) mass is 231 g/mol. The molecule has 0 saturated heterocycles. The molecule has 0 saturated carbocycles. The van der Waals surface area contributed by atoms with E-state index in [1.807, 2.05) is 12.1 Å². The van der Waals surface area contributed by atoms with Crippen molar-refractivity contribution in [2.75, 3.05) is 21.1 Å². The van der Waals surface area contributed by atoms with Crippen LogP contribution in [-0.4, -0.2) is 31.4 Å². The van der Waals surface area contributed by atoms with Crippen LogP contribution in [0.5, 0.6) is 0 Å². The van der Waals surface area contributed by atoms with Crippen LogP contribution in [0.3, 0.4) is 0 Å². The number of benzene rings is 1. The van der Waals surface area contributed by atoms with Gasteiger partial charge in [-0.25, -0.2) is 4.59 Å². The first-order chi connectivity index (χ1) is 7.94. The predicted molar refractivity (Wildman–Crippen MR) is 75.0 cm³/mol. The Morgan fingerprint density at radius 3 is 2.35 bits per heavy atom. The Balaban J connectivity index is 3.12. The van der Waals surface area contributed by atoms with Gasteiger partial charge in [0.15, 0.2) is 0 Å². The van der Waals surface area contributed by atoms with Crippen LogP contribution in [0.25, 0.3) is 0 Å². The summed E-state index contributed by atoms with van der Waals surface area (Å²) in [7, 11) is 6.22. The molecule has 0 unspecified atom stereocenters. The second-order valence-electron chi connectivity index (χ2n) is 5.22. The fourth-order valence-corrected chi connectivity index (χ4v) is 1.73. The lowest BCUT2D eigenvalue weighted by molar-refractivity contribution is -0.877. The number of quaternary nitrogens is 1. The molecule has 1 rings (SSSR count). The van der Waals surface area contributed by atoms with E-state index >= 15 is 0 Å². The summed E-state index contributed by atoms with van der Waals surface area (Å²) in [5, 5.41) is 4.80. The van der Waals surface area contributed by atoms with Crippen LogP contribution < -0.4 is 0 Å². The van der Waals surface area contributed by atoms with Gasteiger partial charge in [0.1, 0.15) is 5.71 Å². The Labute approximate surface area is 105 Å². The van der Waals surface area contributed by atoms with Crippen molar-refractivity contribution in [2.24, 2.45) is 11.0 Å². The van der Waals surface area contributed by atoms with Gasteiger partial charge >= 0.3 is 0 Å². The summed E-state index contributed by atoms with van der Waals surface area (Å²) >= 11 is 0. The number of rotatable bonds is 5. The van der Waals surface area contributed by atoms with Crippen LogP contribution in [0.2, 0.25) is 0 Å². The summed E-state index contributed by atoms with van der Waals surface area (Å²) < 4.78 is 0.589. The lowest BCUT2D eigenvalue weighted by Crippen LogP contribution is -2.31. The van der Waals surface area contributed by atoms with Crippen molar-refractivity contribution < 1.29 is 4.59 Å². The number of hydrogen-bond donors (Lipinski definition) is 0. The second-order valence-corrected chi connectivity index (χ2v) is 5.22. The van der Waals surface area contributed by atoms with Gasteiger partial charge in [-0.1, -0.05) is 48.4 Å². The van der Waals surface area contributed by atoms with Gasteiger partial charge in [0.05, 0.1) is 21.1 Å². The van der Waals surface area contributed by atoms with Crippen molar-refractivity contribution in [1.29, 1.82) is 0 Å². The van der Waals surface area contributed by atoms with Crippen molar-refractivity contribution in [1.82, 2.24) is 0 Å². The van der Waals surface area contributed by atoms with Gasteiger partial charge < -0.3 is 0 Å². The van der Waals surface area contributed by atoms with E-state index < -0.39 is 0 Å². The smallest absolute Gasteiger partial charge is 0.106 e. The first-order valence-electron chi connectivity index (χ1n) is 6.02. The summed E-state index contributed by atoms with van der Waals surface area (Å²) in [4.78, 5) is 0. The van der Waals surface area contributed by atoms with E-state index in [2.05, 4.69) is 58.9 Å². The maximum atomic E-state index is 4.80. The summed E-state index contributed by atoms with van der Waals surface area (Å²) in [6, 6.07) is 10.4. The van der Waals surface area contributed by atoms with E-state index in [9.17, 15) is 0 Å². The van der Waals surface area contributed by atoms with Gasteiger partial charge in [0, 0.05) is 11.5 Å². The van der Waals surface area contributed by atoms with Gasteiger partial charge in [-0.15, -0.1) is 6.58 Å². The molecule has 2 nitrogen and oxygen atoms in total. The summed E-state index contributed by atoms with van der Waals surface area (Å²) in [5.41, 5.74) is 2.35. The predicted octanol–water partition coefficient (Wildman–Crippen LogP) is 3.31. The maximum absolute atomic E-state index is 4.80. The lowest BCUT2D eigenvalue weighted by Gasteiger charge is -2.20. The van der Waals surface area contributed by atoms with Crippen molar-refractivity contribution in [3.8, 4) is 0 Å². The van der Waals surface area contributed by atoms with Gasteiger partial charge in [0.2, 0.25) is 0 Å². The first kappa shape index (κ1) is 13.7. The minimum atomic E-state index is 0.396. The summed E-state index contributed by atoms with van der Waals surface area (Å²) in [5.74, 6) is 0.396. The van der Waals surface area contributed by atoms with Crippen LogP contribution in [0.1, 0.15) is 18.9 Å². The molecule has 0 fully saturated rings. The van der Waals surface area contributed by atoms with E-state index in [0.29, 0.717) is 10.5 Å². The Hall–Kier alpha value is -1.41. The molecule has 0 heterocycles. The highest BCUT2D eigenvalue weighted by atomic mass is 15.6. The van der Waals surface area contributed by atoms with Crippen LogP contribution in [0, 0.1) is 5.92 Å². The van der Waals surface area contributed by atoms with Crippen molar-refractivity contribution >= 4 is 5.71 Å². The van der Waals surface area contributed by atoms with Crippen LogP contribution in [-0.2, 0) is 0 Å². The van der Waals surface area contributed by atoms with Gasteiger partial charge in [-0.05, 0) is 6.42 Å². The molecule has 1 atom stereocenters. The highest BCUT2D eigenvalue weighted by molar-refractivity contribution is 6.01. The minimum Gasteiger partial charge on any atom is -0.205 e. The van der Waals surface area contributed by atoms with E-state index in [1.54, 1.807) is 0 Å². The molecule has 0 radical (unpaired) electrons. The average molecular weight is 231 g/mol. The molecule has 2 heteroatoms. The maximum Gasteiger partial charge on any atom is 0.106 e. The molecule has 0 N–H and O–H groups in total. The molecule has 0 bridgehead atoms. The Kier molecular flexibility index (Phi) is 4.64. The van der Waals surface area contributed by atoms with Crippen molar-refractivity contribution in [2.45, 2.75) is 13.3 Å². The molecular weight excluding hydrogens is 208 g/mol. The largest absolute Gasteiger partial charge is 0.205 e. The highest BCUT2D eigenvalue weighted by Crippen LogP contribution is 2.15. The highest BCUT2D eigenvalue weighted by Gasteiger charge is 2.17. The van der Waals surface area contributed by atoms with Gasteiger partial charge in [-0.3, -0.25) is 0 Å². The molecule has 0 aliphatic heterocycles. The fraction of sp³-hybridized carbons (Fsp3) is 0.400. The molecule has 0 aliphatic rings. The molecular formula is C15H23N2+. The Bertz CT molecular complexity index is 385. The van der Waals surface area contributed by atoms with E-state index in [4.69, 9.17) is 5.10 Å². The fourth-order valence-electron chi connectivity index (χ4n) is 1.73. The zero-order chi connectivity index (χ0) is 12.9. The van der Waals surface area contributed by atoms with Gasteiger partial charge in [-0.2, -0.15) is 0 Å². The third-order valence-electron chi connectivity index (χ3n) is 2.46. The van der Waals surface area contributed by atoms with Crippen LogP contribution in [0.15, 0.2) is 48.1 Å². The van der Waals surface area contributed by atoms with Crippen LogP contribution in [0.4, 0.5) is 0 Å². The van der Waals surface area contributed by atoms with E-state index in [-0.39, 0.29) is 0 Å². The SMILES string of the molecule is C=CC[C@@H](C)/C(=N\[N+](C)(C)C)c1ccccc1. The zero-order valence-corrected chi connectivity index (χ0v) is 11.4. The molecule has 0 aromatic heterocycles. The van der Waals surface area contributed by atoms with Crippen molar-refractivity contribution in [3.63, 3.8) is 0 Å². The third-order valence-corrected chi connectivity index (χ3v) is 2.46. The molecule has 17 heavy (non-hydrogen) atoms. The van der Waals surface area contributed by atoms with Gasteiger partial charge in [0.25, 0.3) is 0 Å². The van der Waals surface area contributed by atoms with Crippen LogP contribution >= 0.6 is 0 Å². The normalized spacial score (nSPS) is 14.5. The number of nitrogens with zero attached hydrogens (tertiary/aromatic N) is 2. The lowest BCUT2D eigenvalue weighted by atomic mass is 9.95. The van der Waals surface area contributed by atoms with Crippen molar-refractivity contribution in [3.05, 3.63) is 48.6 Å². The van der Waals surface area contributed by atoms with E-state index in [1.165, 1.54) is 5.56 Å². The Morgan fingerprint density at radius 1 is 1.29 bits per heavy atom. The first-order valence-corrected chi connectivity index (χ1v) is 6.02. The van der Waals surface area contributed by atoms with E-state index in [0.717, 1.165) is 12.1 Å². The quantitative estimate of drug-likeness (QED) is 0.319. The minimum absolute atomic E-state index is 0.396. The molecule has 0 aliphatic carbocycles. The Morgan fingerprint density at radius 2 is 1.88 bits per heavy atom. The number of hydrogen-bond acceptors (Lipinski definition) is 1. The zero-order valence-electron chi connectivity index (χ0n) is 11.4. The number of allylic oxidation sites excluding steroid dienone is 1. The standard InChI is InChI=1S/C15H23N2/c1-6-10-13(2)15(16-17(3,4)5)14-11-8-7-9-12-14/h6-9,11-13H,1,10H2,2-5H3/q+1/b16-15+/t13-/m1/s1. The molecule has 0 spiro atoms. The third kappa shape index (κ3) is 4.53. The second kappa shape index (κ2) is 5.78. The molecule has 0 amide bonds. The summed E-state index contributed by atoms with van der Waals surface area (Å²) in [6.07, 6.45) is 2.91.